The molecule has 0 heterocycles. The highest BCUT2D eigenvalue weighted by molar-refractivity contribution is 5.96. The molecule has 18 heavy (non-hydrogen) atoms. The first-order chi connectivity index (χ1) is 8.77. The van der Waals surface area contributed by atoms with Crippen LogP contribution in [0.3, 0.4) is 0 Å². The maximum absolute atomic E-state index is 11.8. The molecular weight excluding hydrogens is 222 g/mol. The summed E-state index contributed by atoms with van der Waals surface area (Å²) in [6.45, 7) is 2.98. The summed E-state index contributed by atoms with van der Waals surface area (Å²) < 4.78 is 0. The van der Waals surface area contributed by atoms with E-state index in [0.717, 1.165) is 18.5 Å². The molecule has 2 nitrogen and oxygen atoms in total. The molecule has 0 atom stereocenters. The van der Waals surface area contributed by atoms with Crippen LogP contribution in [0.2, 0.25) is 0 Å². The van der Waals surface area contributed by atoms with Gasteiger partial charge in [-0.25, -0.2) is 0 Å². The molecular formula is C16H25NO. The lowest BCUT2D eigenvalue weighted by Gasteiger charge is -2.04. The molecule has 0 aromatic heterocycles. The summed E-state index contributed by atoms with van der Waals surface area (Å²) in [6, 6.07) is 8.12. The number of ketones is 1. The molecule has 100 valence electrons. The minimum Gasteiger partial charge on any atom is -0.319 e. The molecule has 0 saturated heterocycles. The first-order valence-corrected chi connectivity index (χ1v) is 7.04. The van der Waals surface area contributed by atoms with Gasteiger partial charge < -0.3 is 5.32 Å². The first-order valence-electron chi connectivity index (χ1n) is 7.04. The molecule has 0 aliphatic carbocycles. The van der Waals surface area contributed by atoms with Crippen molar-refractivity contribution in [2.24, 2.45) is 0 Å². The SMILES string of the molecule is CCCCCCc1ccc(C(=O)CCNC)cc1. The second kappa shape index (κ2) is 8.87. The second-order valence-electron chi connectivity index (χ2n) is 4.78. The van der Waals surface area contributed by atoms with Crippen LogP contribution in [0, 0.1) is 0 Å². The maximum Gasteiger partial charge on any atom is 0.164 e. The lowest BCUT2D eigenvalue weighted by molar-refractivity contribution is 0.0983. The van der Waals surface area contributed by atoms with Crippen LogP contribution in [0.15, 0.2) is 24.3 Å². The minimum absolute atomic E-state index is 0.224. The van der Waals surface area contributed by atoms with E-state index in [2.05, 4.69) is 24.4 Å². The predicted octanol–water partition coefficient (Wildman–Crippen LogP) is 3.60. The lowest BCUT2D eigenvalue weighted by atomic mass is 10.0. The van der Waals surface area contributed by atoms with Crippen molar-refractivity contribution in [1.82, 2.24) is 5.32 Å². The number of Topliss-reactive ketones (excluding diaryl/α,β-unsaturated/α-hetero) is 1. The summed E-state index contributed by atoms with van der Waals surface area (Å²) in [5.74, 6) is 0.224. The minimum atomic E-state index is 0.224. The van der Waals surface area contributed by atoms with Gasteiger partial charge in [0.1, 0.15) is 0 Å². The standard InChI is InChI=1S/C16H25NO/c1-3-4-5-6-7-14-8-10-15(11-9-14)16(18)12-13-17-2/h8-11,17H,3-7,12-13H2,1-2H3. The molecule has 0 fully saturated rings. The Hall–Kier alpha value is -1.15. The monoisotopic (exact) mass is 247 g/mol. The Kier molecular flexibility index (Phi) is 7.35. The quantitative estimate of drug-likeness (QED) is 0.533. The summed E-state index contributed by atoms with van der Waals surface area (Å²) >= 11 is 0. The van der Waals surface area contributed by atoms with Crippen molar-refractivity contribution in [3.63, 3.8) is 0 Å². The molecule has 1 rings (SSSR count). The van der Waals surface area contributed by atoms with E-state index in [-0.39, 0.29) is 5.78 Å². The van der Waals surface area contributed by atoms with Crippen molar-refractivity contribution in [2.45, 2.75) is 45.4 Å². The number of benzene rings is 1. The second-order valence-corrected chi connectivity index (χ2v) is 4.78. The van der Waals surface area contributed by atoms with E-state index in [1.165, 1.54) is 31.2 Å². The summed E-state index contributed by atoms with van der Waals surface area (Å²) in [5, 5.41) is 3.00. The van der Waals surface area contributed by atoms with Crippen LogP contribution in [0.4, 0.5) is 0 Å². The van der Waals surface area contributed by atoms with Crippen molar-refractivity contribution in [2.75, 3.05) is 13.6 Å². The van der Waals surface area contributed by atoms with E-state index >= 15 is 0 Å². The normalized spacial score (nSPS) is 10.6. The highest BCUT2D eigenvalue weighted by Gasteiger charge is 2.04. The Morgan fingerprint density at radius 2 is 1.83 bits per heavy atom. The van der Waals surface area contributed by atoms with Gasteiger partial charge in [0.25, 0.3) is 0 Å². The van der Waals surface area contributed by atoms with E-state index in [9.17, 15) is 4.79 Å². The highest BCUT2D eigenvalue weighted by atomic mass is 16.1. The van der Waals surface area contributed by atoms with E-state index in [0.29, 0.717) is 6.42 Å². The summed E-state index contributed by atoms with van der Waals surface area (Å²) in [5.41, 5.74) is 2.18. The average Bonchev–Trinajstić information content (AvgIpc) is 2.41. The lowest BCUT2D eigenvalue weighted by Crippen LogP contribution is -2.12. The summed E-state index contributed by atoms with van der Waals surface area (Å²) in [7, 11) is 1.87. The first kappa shape index (κ1) is 14.9. The van der Waals surface area contributed by atoms with E-state index in [1.807, 2.05) is 19.2 Å². The molecule has 1 aromatic carbocycles. The Labute approximate surface area is 111 Å². The van der Waals surface area contributed by atoms with Gasteiger partial charge in [0, 0.05) is 18.5 Å². The van der Waals surface area contributed by atoms with Gasteiger partial charge in [0.2, 0.25) is 0 Å². The number of carbonyl (C=O) groups excluding carboxylic acids is 1. The third-order valence-electron chi connectivity index (χ3n) is 3.20. The van der Waals surface area contributed by atoms with Gasteiger partial charge >= 0.3 is 0 Å². The molecule has 0 saturated carbocycles. The van der Waals surface area contributed by atoms with Crippen molar-refractivity contribution < 1.29 is 4.79 Å². The summed E-state index contributed by atoms with van der Waals surface area (Å²) in [4.78, 5) is 11.8. The van der Waals surface area contributed by atoms with Crippen LogP contribution in [-0.2, 0) is 6.42 Å². The molecule has 1 aromatic rings. The molecule has 0 spiro atoms. The Morgan fingerprint density at radius 1 is 1.11 bits per heavy atom. The Morgan fingerprint density at radius 3 is 2.44 bits per heavy atom. The number of unbranched alkanes of at least 4 members (excludes halogenated alkanes) is 3. The highest BCUT2D eigenvalue weighted by Crippen LogP contribution is 2.11. The van der Waals surface area contributed by atoms with E-state index < -0.39 is 0 Å². The van der Waals surface area contributed by atoms with Crippen LogP contribution >= 0.6 is 0 Å². The zero-order valence-electron chi connectivity index (χ0n) is 11.7. The number of nitrogens with one attached hydrogen (secondary N) is 1. The molecule has 2 heteroatoms. The predicted molar refractivity (Wildman–Crippen MR) is 77.2 cm³/mol. The van der Waals surface area contributed by atoms with Crippen molar-refractivity contribution in [3.8, 4) is 0 Å². The van der Waals surface area contributed by atoms with Gasteiger partial charge in [-0.2, -0.15) is 0 Å². The molecule has 0 aliphatic rings. The third-order valence-corrected chi connectivity index (χ3v) is 3.20. The third kappa shape index (κ3) is 5.46. The number of aryl methyl sites for hydroxylation is 1. The molecule has 0 amide bonds. The van der Waals surface area contributed by atoms with Gasteiger partial charge in [-0.1, -0.05) is 50.5 Å². The van der Waals surface area contributed by atoms with Crippen molar-refractivity contribution in [1.29, 1.82) is 0 Å². The van der Waals surface area contributed by atoms with Gasteiger partial charge in [-0.3, -0.25) is 4.79 Å². The van der Waals surface area contributed by atoms with Gasteiger partial charge in [-0.05, 0) is 25.5 Å². The maximum atomic E-state index is 11.8. The number of rotatable bonds is 9. The smallest absolute Gasteiger partial charge is 0.164 e. The van der Waals surface area contributed by atoms with E-state index in [1.54, 1.807) is 0 Å². The average molecular weight is 247 g/mol. The molecule has 0 unspecified atom stereocenters. The van der Waals surface area contributed by atoms with Gasteiger partial charge in [0.05, 0.1) is 0 Å². The van der Waals surface area contributed by atoms with E-state index in [4.69, 9.17) is 0 Å². The fourth-order valence-electron chi connectivity index (χ4n) is 2.00. The van der Waals surface area contributed by atoms with Crippen LogP contribution < -0.4 is 5.32 Å². The Balaban J connectivity index is 2.39. The topological polar surface area (TPSA) is 29.1 Å². The zero-order valence-corrected chi connectivity index (χ0v) is 11.7. The summed E-state index contributed by atoms with van der Waals surface area (Å²) in [6.07, 6.45) is 6.86. The fraction of sp³-hybridized carbons (Fsp3) is 0.562. The molecule has 0 bridgehead atoms. The number of carbonyl (C=O) groups is 1. The zero-order chi connectivity index (χ0) is 13.2. The van der Waals surface area contributed by atoms with Crippen LogP contribution in [0.5, 0.6) is 0 Å². The van der Waals surface area contributed by atoms with Crippen molar-refractivity contribution in [3.05, 3.63) is 35.4 Å². The van der Waals surface area contributed by atoms with Gasteiger partial charge in [-0.15, -0.1) is 0 Å². The number of hydrogen-bond donors (Lipinski definition) is 1. The van der Waals surface area contributed by atoms with Crippen LogP contribution in [0.25, 0.3) is 0 Å². The molecule has 0 radical (unpaired) electrons. The fourth-order valence-corrected chi connectivity index (χ4v) is 2.00. The molecule has 0 aliphatic heterocycles. The number of hydrogen-bond acceptors (Lipinski definition) is 2. The van der Waals surface area contributed by atoms with Crippen molar-refractivity contribution >= 4 is 5.78 Å². The Bertz CT molecular complexity index is 343. The largest absolute Gasteiger partial charge is 0.319 e. The van der Waals surface area contributed by atoms with Crippen LogP contribution in [0.1, 0.15) is 54.9 Å². The van der Waals surface area contributed by atoms with Crippen LogP contribution in [-0.4, -0.2) is 19.4 Å². The molecule has 1 N–H and O–H groups in total. The van der Waals surface area contributed by atoms with Gasteiger partial charge in [0.15, 0.2) is 5.78 Å².